The quantitative estimate of drug-likeness (QED) is 0.776. The topological polar surface area (TPSA) is 60.7 Å². The highest BCUT2D eigenvalue weighted by atomic mass is 16.1. The maximum Gasteiger partial charge on any atom is 0.323 e. The molecule has 0 amide bonds. The predicted octanol–water partition coefficient (Wildman–Crippen LogP) is 2.16. The van der Waals surface area contributed by atoms with Crippen LogP contribution in [0.2, 0.25) is 0 Å². The highest BCUT2D eigenvalue weighted by Crippen LogP contribution is 2.57. The molecule has 3 N–H and O–H groups in total. The minimum absolute atomic E-state index is 0.144. The van der Waals surface area contributed by atoms with Gasteiger partial charge in [-0.2, -0.15) is 0 Å². The minimum atomic E-state index is -0.144. The second kappa shape index (κ2) is 3.72. The molecule has 4 heteroatoms. The van der Waals surface area contributed by atoms with Crippen LogP contribution in [0.4, 0.5) is 0 Å². The molecular weight excluding hydrogens is 226 g/mol. The van der Waals surface area contributed by atoms with E-state index in [2.05, 4.69) is 41.3 Å². The van der Waals surface area contributed by atoms with Gasteiger partial charge in [0.2, 0.25) is 0 Å². The van der Waals surface area contributed by atoms with Gasteiger partial charge in [-0.3, -0.25) is 0 Å². The number of aromatic nitrogens is 2. The standard InChI is InChI=1S/C14H19N3O/c1-14(2)7-9(14)12(15-3)8-4-5-10-11(6-8)17-13(18)16-10/h4-6,9,12,15H,7H2,1-3H3,(H2,16,17,18). The van der Waals surface area contributed by atoms with Crippen molar-refractivity contribution in [1.82, 2.24) is 15.3 Å². The van der Waals surface area contributed by atoms with E-state index in [1.54, 1.807) is 0 Å². The summed E-state index contributed by atoms with van der Waals surface area (Å²) in [4.78, 5) is 16.9. The largest absolute Gasteiger partial charge is 0.323 e. The molecule has 1 aromatic heterocycles. The van der Waals surface area contributed by atoms with E-state index in [1.807, 2.05) is 13.1 Å². The number of hydrogen-bond donors (Lipinski definition) is 3. The number of aromatic amines is 2. The first-order chi connectivity index (χ1) is 8.51. The number of imidazole rings is 1. The third kappa shape index (κ3) is 1.77. The monoisotopic (exact) mass is 245 g/mol. The van der Waals surface area contributed by atoms with Crippen molar-refractivity contribution in [1.29, 1.82) is 0 Å². The number of hydrogen-bond acceptors (Lipinski definition) is 2. The van der Waals surface area contributed by atoms with E-state index in [9.17, 15) is 4.79 Å². The molecular formula is C14H19N3O. The normalized spacial score (nSPS) is 23.2. The zero-order valence-electron chi connectivity index (χ0n) is 11.0. The molecule has 4 nitrogen and oxygen atoms in total. The van der Waals surface area contributed by atoms with Crippen LogP contribution in [0, 0.1) is 11.3 Å². The fourth-order valence-corrected chi connectivity index (χ4v) is 2.92. The highest BCUT2D eigenvalue weighted by Gasteiger charge is 2.50. The van der Waals surface area contributed by atoms with Gasteiger partial charge in [-0.15, -0.1) is 0 Å². The Bertz CT molecular complexity index is 638. The molecule has 2 unspecified atom stereocenters. The smallest absolute Gasteiger partial charge is 0.313 e. The van der Waals surface area contributed by atoms with Crippen molar-refractivity contribution in [2.45, 2.75) is 26.3 Å². The van der Waals surface area contributed by atoms with Crippen molar-refractivity contribution in [2.75, 3.05) is 7.05 Å². The van der Waals surface area contributed by atoms with Gasteiger partial charge in [-0.05, 0) is 42.5 Å². The first-order valence-corrected chi connectivity index (χ1v) is 6.40. The van der Waals surface area contributed by atoms with E-state index < -0.39 is 0 Å². The summed E-state index contributed by atoms with van der Waals surface area (Å²) in [6, 6.07) is 6.51. The number of benzene rings is 1. The molecule has 1 heterocycles. The average molecular weight is 245 g/mol. The molecule has 2 aromatic rings. The van der Waals surface area contributed by atoms with Crippen molar-refractivity contribution in [3.63, 3.8) is 0 Å². The van der Waals surface area contributed by atoms with Gasteiger partial charge >= 0.3 is 5.69 Å². The van der Waals surface area contributed by atoms with E-state index >= 15 is 0 Å². The third-order valence-corrected chi connectivity index (χ3v) is 4.20. The van der Waals surface area contributed by atoms with Gasteiger partial charge in [0.25, 0.3) is 0 Å². The van der Waals surface area contributed by atoms with Crippen LogP contribution in [0.1, 0.15) is 31.9 Å². The summed E-state index contributed by atoms with van der Waals surface area (Å²) in [6.45, 7) is 4.61. The molecule has 1 fully saturated rings. The Hall–Kier alpha value is -1.55. The Labute approximate surface area is 106 Å². The molecule has 1 aliphatic carbocycles. The van der Waals surface area contributed by atoms with Crippen molar-refractivity contribution in [2.24, 2.45) is 11.3 Å². The van der Waals surface area contributed by atoms with Gasteiger partial charge in [-0.1, -0.05) is 19.9 Å². The minimum Gasteiger partial charge on any atom is -0.313 e. The van der Waals surface area contributed by atoms with Crippen molar-refractivity contribution in [3.8, 4) is 0 Å². The van der Waals surface area contributed by atoms with Crippen LogP contribution in [-0.4, -0.2) is 17.0 Å². The number of H-pyrrole nitrogens is 2. The van der Waals surface area contributed by atoms with Gasteiger partial charge < -0.3 is 15.3 Å². The summed E-state index contributed by atoms with van der Waals surface area (Å²) in [6.07, 6.45) is 1.25. The summed E-state index contributed by atoms with van der Waals surface area (Å²) in [5, 5.41) is 3.41. The Kier molecular flexibility index (Phi) is 2.38. The lowest BCUT2D eigenvalue weighted by Gasteiger charge is -2.18. The second-order valence-electron chi connectivity index (χ2n) is 5.95. The maximum atomic E-state index is 11.3. The number of nitrogens with one attached hydrogen (secondary N) is 3. The van der Waals surface area contributed by atoms with Crippen LogP contribution < -0.4 is 11.0 Å². The lowest BCUT2D eigenvalue weighted by molar-refractivity contribution is 0.441. The molecule has 0 bridgehead atoms. The molecule has 96 valence electrons. The summed E-state index contributed by atoms with van der Waals surface area (Å²) in [7, 11) is 2.00. The van der Waals surface area contributed by atoms with E-state index in [4.69, 9.17) is 0 Å². The van der Waals surface area contributed by atoms with Crippen LogP contribution >= 0.6 is 0 Å². The van der Waals surface area contributed by atoms with Gasteiger partial charge in [0, 0.05) is 6.04 Å². The first kappa shape index (κ1) is 11.5. The fraction of sp³-hybridized carbons (Fsp3) is 0.500. The SMILES string of the molecule is CNC(c1ccc2[nH]c(=O)[nH]c2c1)C1CC1(C)C. The van der Waals surface area contributed by atoms with Crippen LogP contribution in [0.3, 0.4) is 0 Å². The Morgan fingerprint density at radius 2 is 2.00 bits per heavy atom. The van der Waals surface area contributed by atoms with Gasteiger partial charge in [-0.25, -0.2) is 4.79 Å². The van der Waals surface area contributed by atoms with Gasteiger partial charge in [0.05, 0.1) is 11.0 Å². The average Bonchev–Trinajstić information content (AvgIpc) is 2.77. The Balaban J connectivity index is 1.99. The molecule has 1 aromatic carbocycles. The van der Waals surface area contributed by atoms with E-state index in [-0.39, 0.29) is 5.69 Å². The summed E-state index contributed by atoms with van der Waals surface area (Å²) in [5.41, 5.74) is 3.28. The molecule has 0 radical (unpaired) electrons. The van der Waals surface area contributed by atoms with E-state index in [0.29, 0.717) is 17.4 Å². The lowest BCUT2D eigenvalue weighted by atomic mass is 9.97. The van der Waals surface area contributed by atoms with Crippen molar-refractivity contribution < 1.29 is 0 Å². The zero-order chi connectivity index (χ0) is 12.9. The fourth-order valence-electron chi connectivity index (χ4n) is 2.92. The Morgan fingerprint density at radius 1 is 1.33 bits per heavy atom. The highest BCUT2D eigenvalue weighted by molar-refractivity contribution is 5.75. The molecule has 2 atom stereocenters. The van der Waals surface area contributed by atoms with E-state index in [1.165, 1.54) is 12.0 Å². The lowest BCUT2D eigenvalue weighted by Crippen LogP contribution is -2.20. The van der Waals surface area contributed by atoms with Crippen LogP contribution in [0.15, 0.2) is 23.0 Å². The van der Waals surface area contributed by atoms with Gasteiger partial charge in [0.15, 0.2) is 0 Å². The Morgan fingerprint density at radius 3 is 2.61 bits per heavy atom. The molecule has 3 rings (SSSR count). The first-order valence-electron chi connectivity index (χ1n) is 6.40. The third-order valence-electron chi connectivity index (χ3n) is 4.20. The molecule has 0 spiro atoms. The van der Waals surface area contributed by atoms with Crippen LogP contribution in [-0.2, 0) is 0 Å². The predicted molar refractivity (Wildman–Crippen MR) is 72.6 cm³/mol. The molecule has 0 aliphatic heterocycles. The van der Waals surface area contributed by atoms with Gasteiger partial charge in [0.1, 0.15) is 0 Å². The second-order valence-corrected chi connectivity index (χ2v) is 5.95. The van der Waals surface area contributed by atoms with Crippen LogP contribution in [0.25, 0.3) is 11.0 Å². The summed E-state index contributed by atoms with van der Waals surface area (Å²) >= 11 is 0. The zero-order valence-corrected chi connectivity index (χ0v) is 11.0. The maximum absolute atomic E-state index is 11.3. The van der Waals surface area contributed by atoms with Crippen molar-refractivity contribution in [3.05, 3.63) is 34.2 Å². The number of rotatable bonds is 3. The van der Waals surface area contributed by atoms with E-state index in [0.717, 1.165) is 11.0 Å². The molecule has 0 saturated heterocycles. The summed E-state index contributed by atoms with van der Waals surface area (Å²) < 4.78 is 0. The molecule has 1 saturated carbocycles. The summed E-state index contributed by atoms with van der Waals surface area (Å²) in [5.74, 6) is 0.672. The molecule has 18 heavy (non-hydrogen) atoms. The van der Waals surface area contributed by atoms with Crippen LogP contribution in [0.5, 0.6) is 0 Å². The number of fused-ring (bicyclic) bond motifs is 1. The van der Waals surface area contributed by atoms with Crippen molar-refractivity contribution >= 4 is 11.0 Å². The molecule has 1 aliphatic rings.